The summed E-state index contributed by atoms with van der Waals surface area (Å²) in [5.41, 5.74) is 1.05. The second-order valence-corrected chi connectivity index (χ2v) is 5.28. The largest absolute Gasteiger partial charge is 0.315 e. The number of benzene rings is 1. The number of nitrogens with one attached hydrogen (secondary N) is 1. The summed E-state index contributed by atoms with van der Waals surface area (Å²) in [7, 11) is 0. The number of fused-ring (bicyclic) bond motifs is 1. The Morgan fingerprint density at radius 3 is 2.40 bits per heavy atom. The smallest absolute Gasteiger partial charge is 0.262 e. The Morgan fingerprint density at radius 1 is 1.25 bits per heavy atom. The van der Waals surface area contributed by atoms with Crippen molar-refractivity contribution >= 4 is 11.8 Å². The van der Waals surface area contributed by atoms with Gasteiger partial charge in [0.15, 0.2) is 0 Å². The van der Waals surface area contributed by atoms with Gasteiger partial charge in [0.25, 0.3) is 11.8 Å². The Bertz CT molecular complexity index is 503. The Kier molecular flexibility index (Phi) is 3.54. The average Bonchev–Trinajstić information content (AvgIpc) is 3.08. The lowest BCUT2D eigenvalue weighted by atomic mass is 10.1. The third-order valence-corrected chi connectivity index (χ3v) is 4.16. The fourth-order valence-electron chi connectivity index (χ4n) is 2.97. The van der Waals surface area contributed by atoms with Crippen molar-refractivity contribution in [1.82, 2.24) is 15.1 Å². The van der Waals surface area contributed by atoms with Crippen LogP contribution in [-0.2, 0) is 0 Å². The Morgan fingerprint density at radius 2 is 1.90 bits per heavy atom. The Hall–Kier alpha value is -1.72. The number of rotatable bonds is 4. The molecular formula is C15H19N3O2. The van der Waals surface area contributed by atoms with Crippen molar-refractivity contribution in [1.29, 1.82) is 0 Å². The minimum Gasteiger partial charge on any atom is -0.315 e. The van der Waals surface area contributed by atoms with Crippen LogP contribution in [0, 0.1) is 0 Å². The van der Waals surface area contributed by atoms with Gasteiger partial charge in [-0.15, -0.1) is 0 Å². The SMILES string of the molecule is CCN(CN1C(=O)c2ccccc2C1=O)C1CCNC1. The zero-order valence-electron chi connectivity index (χ0n) is 11.6. The van der Waals surface area contributed by atoms with Crippen molar-refractivity contribution in [3.05, 3.63) is 35.4 Å². The molecule has 1 saturated heterocycles. The highest BCUT2D eigenvalue weighted by molar-refractivity contribution is 6.21. The van der Waals surface area contributed by atoms with Crippen LogP contribution in [-0.4, -0.2) is 54.0 Å². The molecule has 2 aliphatic heterocycles. The highest BCUT2D eigenvalue weighted by Gasteiger charge is 2.37. The van der Waals surface area contributed by atoms with Crippen LogP contribution < -0.4 is 5.32 Å². The van der Waals surface area contributed by atoms with Gasteiger partial charge in [-0.25, -0.2) is 0 Å². The molecule has 106 valence electrons. The standard InChI is InChI=1S/C15H19N3O2/c1-2-17(11-7-8-16-9-11)10-18-14(19)12-5-3-4-6-13(12)15(18)20/h3-6,11,16H,2,7-10H2,1H3. The van der Waals surface area contributed by atoms with Crippen molar-refractivity contribution in [2.24, 2.45) is 0 Å². The van der Waals surface area contributed by atoms with Crippen LogP contribution in [0.3, 0.4) is 0 Å². The van der Waals surface area contributed by atoms with Crippen molar-refractivity contribution in [2.45, 2.75) is 19.4 Å². The molecule has 0 saturated carbocycles. The molecule has 0 radical (unpaired) electrons. The van der Waals surface area contributed by atoms with Crippen LogP contribution in [0.4, 0.5) is 0 Å². The van der Waals surface area contributed by atoms with Crippen LogP contribution in [0.5, 0.6) is 0 Å². The molecule has 2 amide bonds. The maximum Gasteiger partial charge on any atom is 0.262 e. The van der Waals surface area contributed by atoms with Crippen molar-refractivity contribution in [2.75, 3.05) is 26.3 Å². The first-order valence-corrected chi connectivity index (χ1v) is 7.12. The molecule has 0 bridgehead atoms. The monoisotopic (exact) mass is 273 g/mol. The number of hydrogen-bond donors (Lipinski definition) is 1. The second kappa shape index (κ2) is 5.34. The third kappa shape index (κ3) is 2.13. The molecule has 5 nitrogen and oxygen atoms in total. The highest BCUT2D eigenvalue weighted by atomic mass is 16.2. The van der Waals surface area contributed by atoms with Gasteiger partial charge in [0.05, 0.1) is 17.8 Å². The molecule has 3 rings (SSSR count). The first-order chi connectivity index (χ1) is 9.72. The number of amides is 2. The molecule has 1 aromatic carbocycles. The lowest BCUT2D eigenvalue weighted by molar-refractivity contribution is 0.0503. The van der Waals surface area contributed by atoms with Gasteiger partial charge in [-0.05, 0) is 31.6 Å². The topological polar surface area (TPSA) is 52.7 Å². The highest BCUT2D eigenvalue weighted by Crippen LogP contribution is 2.23. The lowest BCUT2D eigenvalue weighted by Crippen LogP contribution is -2.46. The van der Waals surface area contributed by atoms with Gasteiger partial charge < -0.3 is 5.32 Å². The average molecular weight is 273 g/mol. The van der Waals surface area contributed by atoms with Gasteiger partial charge in [-0.1, -0.05) is 19.1 Å². The number of hydrogen-bond acceptors (Lipinski definition) is 4. The fourth-order valence-corrected chi connectivity index (χ4v) is 2.97. The van der Waals surface area contributed by atoms with Gasteiger partial charge in [-0.2, -0.15) is 0 Å². The van der Waals surface area contributed by atoms with Gasteiger partial charge in [0, 0.05) is 12.6 Å². The van der Waals surface area contributed by atoms with Crippen LogP contribution >= 0.6 is 0 Å². The summed E-state index contributed by atoms with van der Waals surface area (Å²) in [6.45, 7) is 5.21. The number of carbonyl (C=O) groups is 2. The summed E-state index contributed by atoms with van der Waals surface area (Å²) in [5.74, 6) is -0.343. The number of nitrogens with zero attached hydrogens (tertiary/aromatic N) is 2. The number of likely N-dealkylation sites (N-methyl/N-ethyl adjacent to an activating group) is 1. The van der Waals surface area contributed by atoms with Crippen LogP contribution in [0.25, 0.3) is 0 Å². The molecule has 1 unspecified atom stereocenters. The van der Waals surface area contributed by atoms with Crippen molar-refractivity contribution < 1.29 is 9.59 Å². The van der Waals surface area contributed by atoms with E-state index in [0.717, 1.165) is 26.1 Å². The minimum absolute atomic E-state index is 0.171. The van der Waals surface area contributed by atoms with E-state index in [1.54, 1.807) is 24.3 Å². The first-order valence-electron chi connectivity index (χ1n) is 7.12. The molecule has 0 aliphatic carbocycles. The van der Waals surface area contributed by atoms with Gasteiger partial charge in [0.2, 0.25) is 0 Å². The Labute approximate surface area is 118 Å². The third-order valence-electron chi connectivity index (χ3n) is 4.16. The summed E-state index contributed by atoms with van der Waals surface area (Å²) >= 11 is 0. The van der Waals surface area contributed by atoms with Gasteiger partial charge in [0.1, 0.15) is 0 Å². The molecule has 2 aliphatic rings. The molecule has 1 fully saturated rings. The van der Waals surface area contributed by atoms with E-state index in [0.29, 0.717) is 23.8 Å². The molecule has 1 atom stereocenters. The molecule has 1 N–H and O–H groups in total. The van der Waals surface area contributed by atoms with Crippen LogP contribution in [0.15, 0.2) is 24.3 Å². The molecule has 2 heterocycles. The maximum atomic E-state index is 12.3. The summed E-state index contributed by atoms with van der Waals surface area (Å²) < 4.78 is 0. The van der Waals surface area contributed by atoms with E-state index < -0.39 is 0 Å². The lowest BCUT2D eigenvalue weighted by Gasteiger charge is -2.30. The van der Waals surface area contributed by atoms with Crippen molar-refractivity contribution in [3.8, 4) is 0 Å². The quantitative estimate of drug-likeness (QED) is 0.829. The van der Waals surface area contributed by atoms with Crippen molar-refractivity contribution in [3.63, 3.8) is 0 Å². The van der Waals surface area contributed by atoms with E-state index in [9.17, 15) is 9.59 Å². The van der Waals surface area contributed by atoms with E-state index in [1.165, 1.54) is 4.90 Å². The molecule has 1 aromatic rings. The summed E-state index contributed by atoms with van der Waals surface area (Å²) in [5, 5.41) is 3.32. The number of imide groups is 1. The molecule has 0 aromatic heterocycles. The van der Waals surface area contributed by atoms with Gasteiger partial charge >= 0.3 is 0 Å². The zero-order chi connectivity index (χ0) is 14.1. The Balaban J connectivity index is 1.78. The molecule has 0 spiro atoms. The van der Waals surface area contributed by atoms with Gasteiger partial charge in [-0.3, -0.25) is 19.4 Å². The first kappa shape index (κ1) is 13.3. The molecular weight excluding hydrogens is 254 g/mol. The van der Waals surface area contributed by atoms with E-state index in [1.807, 2.05) is 0 Å². The van der Waals surface area contributed by atoms with E-state index in [2.05, 4.69) is 17.1 Å². The molecule has 5 heteroatoms. The summed E-state index contributed by atoms with van der Waals surface area (Å²) in [4.78, 5) is 28.2. The van der Waals surface area contributed by atoms with Crippen LogP contribution in [0.2, 0.25) is 0 Å². The van der Waals surface area contributed by atoms with E-state index >= 15 is 0 Å². The summed E-state index contributed by atoms with van der Waals surface area (Å²) in [6, 6.07) is 7.45. The minimum atomic E-state index is -0.171. The normalized spacial score (nSPS) is 21.9. The van der Waals surface area contributed by atoms with E-state index in [4.69, 9.17) is 0 Å². The predicted molar refractivity (Wildman–Crippen MR) is 75.5 cm³/mol. The molecule has 20 heavy (non-hydrogen) atoms. The van der Waals surface area contributed by atoms with E-state index in [-0.39, 0.29) is 11.8 Å². The fraction of sp³-hybridized carbons (Fsp3) is 0.467. The number of carbonyl (C=O) groups excluding carboxylic acids is 2. The summed E-state index contributed by atoms with van der Waals surface area (Å²) in [6.07, 6.45) is 1.07. The van der Waals surface area contributed by atoms with Crippen LogP contribution in [0.1, 0.15) is 34.1 Å². The maximum absolute atomic E-state index is 12.3. The predicted octanol–water partition coefficient (Wildman–Crippen LogP) is 0.924. The zero-order valence-corrected chi connectivity index (χ0v) is 11.6. The second-order valence-electron chi connectivity index (χ2n) is 5.28.